The number of amides is 2. The van der Waals surface area contributed by atoms with Crippen LogP contribution in [0.4, 0.5) is 11.4 Å². The first kappa shape index (κ1) is 47.0. The molecule has 1 aliphatic heterocycles. The maximum absolute atomic E-state index is 13.5. The first-order valence-electron chi connectivity index (χ1n) is 20.6. The molecule has 6 rings (SSSR count). The number of ether oxygens (including phenoxy) is 2. The summed E-state index contributed by atoms with van der Waals surface area (Å²) in [6.07, 6.45) is 3.38. The van der Waals surface area contributed by atoms with Crippen molar-refractivity contribution in [3.05, 3.63) is 112 Å². The van der Waals surface area contributed by atoms with Gasteiger partial charge >= 0.3 is 0 Å². The molecule has 1 aliphatic rings. The zero-order chi connectivity index (χ0) is 45.9. The van der Waals surface area contributed by atoms with E-state index in [-0.39, 0.29) is 37.9 Å². The number of hydrogen-bond donors (Lipinski definition) is 3. The van der Waals surface area contributed by atoms with E-state index in [0.717, 1.165) is 35.7 Å². The minimum atomic E-state index is -4.66. The number of phenolic OH excluding ortho intramolecular Hbond substituents is 1. The molecule has 0 radical (unpaired) electrons. The van der Waals surface area contributed by atoms with E-state index in [0.29, 0.717) is 59.7 Å². The Morgan fingerprint density at radius 3 is 2.24 bits per heavy atom. The minimum absolute atomic E-state index is 0.000230. The molecule has 1 heterocycles. The summed E-state index contributed by atoms with van der Waals surface area (Å²) in [5.74, 6) is 0.431. The number of phenols is 1. The van der Waals surface area contributed by atoms with E-state index >= 15 is 0 Å². The van der Waals surface area contributed by atoms with Crippen LogP contribution in [0.15, 0.2) is 105 Å². The fourth-order valence-electron chi connectivity index (χ4n) is 6.86. The largest absolute Gasteiger partial charge is 0.506 e. The standard InChI is InChI=1S/C47H51Cl2N5O8S/c1-8-46(4,5)29-16-21-39(35(24-29)47(6,7)9-2)61-23-13-12-22-50-44(56)34-25-40(32-14-10-11-15-33(32)43(34)55)62-31-19-17-30(18-20-31)51-52-42-28(3)53-54(45(42)57)38-26-37(49)41(27-36(38)48)63(58,59)60/h10-11,14-21,24-27,42,55H,8-9,12-13,22-23H2,1-7H3,(H,50,56)(H,58,59,60). The second-order valence-corrected chi connectivity index (χ2v) is 18.8. The predicted molar refractivity (Wildman–Crippen MR) is 247 cm³/mol. The van der Waals surface area contributed by atoms with Gasteiger partial charge in [-0.2, -0.15) is 28.8 Å². The van der Waals surface area contributed by atoms with E-state index in [9.17, 15) is 27.7 Å². The molecule has 0 saturated heterocycles. The third-order valence-corrected chi connectivity index (χ3v) is 13.2. The van der Waals surface area contributed by atoms with E-state index in [1.807, 2.05) is 0 Å². The SMILES string of the molecule is CCC(C)(C)c1ccc(OCCCCNC(=O)c2cc(Oc3ccc(N=NC4C(=O)N(c5cc(Cl)c(S(=O)(=O)O)cc5Cl)N=C4C)cc3)c3ccccc3c2O)c(C(C)(C)CC)c1. The third-order valence-electron chi connectivity index (χ3n) is 11.6. The van der Waals surface area contributed by atoms with Gasteiger partial charge in [-0.25, -0.2) is 0 Å². The zero-order valence-corrected chi connectivity index (χ0v) is 38.5. The van der Waals surface area contributed by atoms with Crippen LogP contribution in [-0.2, 0) is 25.7 Å². The van der Waals surface area contributed by atoms with Gasteiger partial charge in [-0.1, -0.05) is 101 Å². The minimum Gasteiger partial charge on any atom is -0.506 e. The normalized spacial score (nSPS) is 14.7. The molecule has 1 unspecified atom stereocenters. The number of halogens is 2. The number of anilines is 1. The number of benzene rings is 5. The first-order valence-corrected chi connectivity index (χ1v) is 22.8. The Hall–Kier alpha value is -5.54. The summed E-state index contributed by atoms with van der Waals surface area (Å²) in [6, 6.07) is 22.6. The molecule has 2 amide bonds. The molecule has 0 saturated carbocycles. The molecule has 0 aliphatic carbocycles. The molecule has 1 atom stereocenters. The van der Waals surface area contributed by atoms with Gasteiger partial charge in [0, 0.05) is 22.9 Å². The average molecular weight is 917 g/mol. The Morgan fingerprint density at radius 2 is 1.57 bits per heavy atom. The molecule has 0 aromatic heterocycles. The Morgan fingerprint density at radius 1 is 0.889 bits per heavy atom. The highest BCUT2D eigenvalue weighted by Crippen LogP contribution is 2.41. The van der Waals surface area contributed by atoms with E-state index in [1.54, 1.807) is 55.5 Å². The van der Waals surface area contributed by atoms with Crippen molar-refractivity contribution in [2.24, 2.45) is 15.3 Å². The Labute approximate surface area is 377 Å². The van der Waals surface area contributed by atoms with Gasteiger partial charge in [0.05, 0.1) is 39.3 Å². The molecular weight excluding hydrogens is 866 g/mol. The van der Waals surface area contributed by atoms with E-state index in [2.05, 4.69) is 80.4 Å². The van der Waals surface area contributed by atoms with Crippen LogP contribution in [0.2, 0.25) is 10.0 Å². The van der Waals surface area contributed by atoms with Gasteiger partial charge in [-0.3, -0.25) is 14.1 Å². The summed E-state index contributed by atoms with van der Waals surface area (Å²) in [7, 11) is -4.66. The van der Waals surface area contributed by atoms with Crippen molar-refractivity contribution in [1.29, 1.82) is 0 Å². The summed E-state index contributed by atoms with van der Waals surface area (Å²) < 4.78 is 45.2. The number of azo groups is 1. The molecule has 0 spiro atoms. The fourth-order valence-corrected chi connectivity index (χ4v) is 8.19. The van der Waals surface area contributed by atoms with Crippen molar-refractivity contribution in [3.63, 3.8) is 0 Å². The lowest BCUT2D eigenvalue weighted by Gasteiger charge is -2.30. The number of nitrogens with zero attached hydrogens (tertiary/aromatic N) is 4. The number of hydrogen-bond acceptors (Lipinski definition) is 10. The summed E-state index contributed by atoms with van der Waals surface area (Å²) in [5.41, 5.74) is 3.26. The van der Waals surface area contributed by atoms with Gasteiger partial charge in [0.1, 0.15) is 27.9 Å². The fraction of sp³-hybridized carbons (Fsp3) is 0.340. The molecule has 63 heavy (non-hydrogen) atoms. The van der Waals surface area contributed by atoms with Crippen LogP contribution in [0.1, 0.15) is 95.6 Å². The number of hydrazone groups is 1. The van der Waals surface area contributed by atoms with Crippen LogP contribution >= 0.6 is 23.2 Å². The first-order chi connectivity index (χ1) is 29.7. The maximum atomic E-state index is 13.5. The van der Waals surface area contributed by atoms with E-state index in [4.69, 9.17) is 32.7 Å². The zero-order valence-electron chi connectivity index (χ0n) is 36.2. The van der Waals surface area contributed by atoms with Crippen LogP contribution in [0.5, 0.6) is 23.0 Å². The van der Waals surface area contributed by atoms with E-state index in [1.165, 1.54) is 17.2 Å². The van der Waals surface area contributed by atoms with Crippen molar-refractivity contribution in [2.45, 2.75) is 95.9 Å². The Bertz CT molecular complexity index is 2720. The molecule has 13 nitrogen and oxygen atoms in total. The van der Waals surface area contributed by atoms with Gasteiger partial charge in [-0.05, 0) is 97.5 Å². The molecule has 5 aromatic rings. The van der Waals surface area contributed by atoms with Crippen LogP contribution in [0.25, 0.3) is 10.8 Å². The van der Waals surface area contributed by atoms with Crippen molar-refractivity contribution < 1.29 is 37.1 Å². The Balaban J connectivity index is 1.08. The van der Waals surface area contributed by atoms with Crippen molar-refractivity contribution in [3.8, 4) is 23.0 Å². The molecule has 5 aromatic carbocycles. The van der Waals surface area contributed by atoms with Crippen molar-refractivity contribution in [1.82, 2.24) is 5.32 Å². The van der Waals surface area contributed by atoms with Crippen LogP contribution in [0, 0.1) is 0 Å². The highest BCUT2D eigenvalue weighted by molar-refractivity contribution is 7.86. The number of carbonyl (C=O) groups excluding carboxylic acids is 2. The van der Waals surface area contributed by atoms with Gasteiger partial charge in [0.15, 0.2) is 6.04 Å². The number of fused-ring (bicyclic) bond motifs is 1. The summed E-state index contributed by atoms with van der Waals surface area (Å²) >= 11 is 12.3. The van der Waals surface area contributed by atoms with Crippen molar-refractivity contribution >= 4 is 73.0 Å². The number of rotatable bonds is 17. The average Bonchev–Trinajstić information content (AvgIpc) is 3.54. The maximum Gasteiger partial charge on any atom is 0.296 e. The highest BCUT2D eigenvalue weighted by Gasteiger charge is 2.36. The quantitative estimate of drug-likeness (QED) is 0.0468. The Kier molecular flexibility index (Phi) is 14.2. The second kappa shape index (κ2) is 19.1. The lowest BCUT2D eigenvalue weighted by Crippen LogP contribution is -2.30. The summed E-state index contributed by atoms with van der Waals surface area (Å²) in [6.45, 7) is 15.8. The third kappa shape index (κ3) is 10.5. The lowest BCUT2D eigenvalue weighted by atomic mass is 9.76. The topological polar surface area (TPSA) is 180 Å². The second-order valence-electron chi connectivity index (χ2n) is 16.6. The molecule has 332 valence electrons. The van der Waals surface area contributed by atoms with Gasteiger partial charge in [0.2, 0.25) is 0 Å². The number of carbonyl (C=O) groups is 2. The smallest absolute Gasteiger partial charge is 0.296 e. The number of aromatic hydroxyl groups is 1. The molecule has 0 fully saturated rings. The lowest BCUT2D eigenvalue weighted by molar-refractivity contribution is -0.117. The van der Waals surface area contributed by atoms with E-state index < -0.39 is 32.9 Å². The summed E-state index contributed by atoms with van der Waals surface area (Å²) in [4.78, 5) is 26.2. The molecule has 16 heteroatoms. The van der Waals surface area contributed by atoms with Crippen LogP contribution in [0.3, 0.4) is 0 Å². The van der Waals surface area contributed by atoms with Crippen molar-refractivity contribution in [2.75, 3.05) is 18.2 Å². The predicted octanol–water partition coefficient (Wildman–Crippen LogP) is 11.7. The van der Waals surface area contributed by atoms with Gasteiger partial charge < -0.3 is 19.9 Å². The molecular formula is C47H51Cl2N5O8S. The number of unbranched alkanes of at least 4 members (excludes halogenated alkanes) is 1. The molecule has 3 N–H and O–H groups in total. The van der Waals surface area contributed by atoms with Gasteiger partial charge in [0.25, 0.3) is 21.9 Å². The van der Waals surface area contributed by atoms with Crippen LogP contribution < -0.4 is 19.8 Å². The van der Waals surface area contributed by atoms with Crippen LogP contribution in [-0.4, -0.2) is 54.8 Å². The highest BCUT2D eigenvalue weighted by atomic mass is 35.5. The monoisotopic (exact) mass is 915 g/mol. The molecule has 0 bridgehead atoms. The van der Waals surface area contributed by atoms with Gasteiger partial charge in [-0.15, -0.1) is 0 Å². The summed E-state index contributed by atoms with van der Waals surface area (Å²) in [5, 5.41) is 28.2. The number of nitrogens with one attached hydrogen (secondary N) is 1.